The quantitative estimate of drug-likeness (QED) is 0.833. The maximum atomic E-state index is 11.2. The molecule has 1 heterocycles. The van der Waals surface area contributed by atoms with E-state index in [9.17, 15) is 9.59 Å². The number of amides is 1. The first-order valence-electron chi connectivity index (χ1n) is 3.79. The molecule has 0 fully saturated rings. The number of carbonyl (C=O) groups is 2. The molecule has 2 N–H and O–H groups in total. The fourth-order valence-corrected chi connectivity index (χ4v) is 1.81. The van der Waals surface area contributed by atoms with Crippen molar-refractivity contribution in [3.63, 3.8) is 0 Å². The molecule has 4 nitrogen and oxygen atoms in total. The summed E-state index contributed by atoms with van der Waals surface area (Å²) in [6.07, 6.45) is -0.981. The summed E-state index contributed by atoms with van der Waals surface area (Å²) in [6.45, 7) is -0.164. The van der Waals surface area contributed by atoms with Crippen LogP contribution in [-0.2, 0) is 11.2 Å². The molecule has 1 aromatic heterocycles. The van der Waals surface area contributed by atoms with Crippen molar-refractivity contribution in [2.24, 2.45) is 0 Å². The Bertz CT molecular complexity index is 350. The van der Waals surface area contributed by atoms with Gasteiger partial charge in [-0.15, -0.1) is 11.3 Å². The van der Waals surface area contributed by atoms with Gasteiger partial charge in [0, 0.05) is 6.42 Å². The van der Waals surface area contributed by atoms with Crippen LogP contribution in [-0.4, -0.2) is 23.5 Å². The molecule has 0 unspecified atom stereocenters. The van der Waals surface area contributed by atoms with Gasteiger partial charge < -0.3 is 10.4 Å². The molecule has 0 saturated carbocycles. The molecule has 6 heteroatoms. The van der Waals surface area contributed by atoms with E-state index in [1.165, 1.54) is 11.3 Å². The molecule has 1 amide bonds. The number of rotatable bonds is 4. The molecule has 14 heavy (non-hydrogen) atoms. The summed E-state index contributed by atoms with van der Waals surface area (Å²) in [5.74, 6) is -0.179. The molecule has 1 aromatic rings. The van der Waals surface area contributed by atoms with Crippen molar-refractivity contribution in [2.75, 3.05) is 6.54 Å². The lowest BCUT2D eigenvalue weighted by molar-refractivity contribution is -0.117. The molecule has 0 aliphatic carbocycles. The van der Waals surface area contributed by atoms with Gasteiger partial charge in [-0.2, -0.15) is 0 Å². The molecule has 0 bridgehead atoms. The average molecular weight is 234 g/mol. The fourth-order valence-electron chi connectivity index (χ4n) is 0.903. The highest BCUT2D eigenvalue weighted by Crippen LogP contribution is 2.20. The lowest BCUT2D eigenvalue weighted by Crippen LogP contribution is -2.28. The van der Waals surface area contributed by atoms with E-state index in [4.69, 9.17) is 16.7 Å². The zero-order chi connectivity index (χ0) is 10.6. The topological polar surface area (TPSA) is 66.4 Å². The van der Waals surface area contributed by atoms with E-state index in [1.807, 2.05) is 5.32 Å². The third-order valence-electron chi connectivity index (χ3n) is 1.46. The van der Waals surface area contributed by atoms with Crippen LogP contribution in [0.2, 0.25) is 4.34 Å². The predicted octanol–water partition coefficient (Wildman–Crippen LogP) is 1.78. The Kier molecular flexibility index (Phi) is 3.91. The number of nitrogens with one attached hydrogen (secondary N) is 1. The third kappa shape index (κ3) is 3.76. The fraction of sp³-hybridized carbons (Fsp3) is 0.250. The summed E-state index contributed by atoms with van der Waals surface area (Å²) in [4.78, 5) is 21.2. The first-order valence-corrected chi connectivity index (χ1v) is 5.05. The van der Waals surface area contributed by atoms with Crippen molar-refractivity contribution in [1.29, 1.82) is 0 Å². The highest BCUT2D eigenvalue weighted by atomic mass is 35.5. The molecule has 0 atom stereocenters. The van der Waals surface area contributed by atoms with Crippen molar-refractivity contribution in [1.82, 2.24) is 5.32 Å². The van der Waals surface area contributed by atoms with Gasteiger partial charge in [0.2, 0.25) is 0 Å². The molecular formula is C8H8ClNO3S. The standard InChI is InChI=1S/C8H8ClNO3S/c9-7-2-5(4-14-7)1-6(11)3-10-8(12)13/h2,4,10H,1,3H2,(H,12,13). The van der Waals surface area contributed by atoms with Crippen molar-refractivity contribution in [2.45, 2.75) is 6.42 Å². The van der Waals surface area contributed by atoms with Gasteiger partial charge in [0.1, 0.15) is 0 Å². The van der Waals surface area contributed by atoms with Gasteiger partial charge in [-0.3, -0.25) is 4.79 Å². The van der Waals surface area contributed by atoms with Crippen LogP contribution in [0, 0.1) is 0 Å². The van der Waals surface area contributed by atoms with Gasteiger partial charge in [0.05, 0.1) is 10.9 Å². The molecule has 0 radical (unpaired) electrons. The minimum atomic E-state index is -1.19. The van der Waals surface area contributed by atoms with E-state index in [1.54, 1.807) is 11.4 Å². The first kappa shape index (κ1) is 11.0. The number of ketones is 1. The highest BCUT2D eigenvalue weighted by Gasteiger charge is 2.06. The second-order valence-electron chi connectivity index (χ2n) is 2.63. The summed E-state index contributed by atoms with van der Waals surface area (Å²) in [5.41, 5.74) is 0.817. The molecule has 0 aliphatic rings. The maximum absolute atomic E-state index is 11.2. The van der Waals surface area contributed by atoms with Crippen LogP contribution in [0.4, 0.5) is 4.79 Å². The first-order chi connectivity index (χ1) is 6.58. The normalized spacial score (nSPS) is 9.79. The molecule has 0 aliphatic heterocycles. The summed E-state index contributed by atoms with van der Waals surface area (Å²) in [7, 11) is 0. The molecular weight excluding hydrogens is 226 g/mol. The Labute approximate surface area is 89.5 Å². The number of carboxylic acid groups (broad SMARTS) is 1. The van der Waals surface area contributed by atoms with Crippen molar-refractivity contribution in [3.05, 3.63) is 21.3 Å². The third-order valence-corrected chi connectivity index (χ3v) is 2.60. The van der Waals surface area contributed by atoms with Gasteiger partial charge in [0.15, 0.2) is 5.78 Å². The summed E-state index contributed by atoms with van der Waals surface area (Å²) >= 11 is 7.02. The lowest BCUT2D eigenvalue weighted by Gasteiger charge is -1.98. The van der Waals surface area contributed by atoms with Crippen LogP contribution >= 0.6 is 22.9 Å². The Morgan fingerprint density at radius 1 is 1.57 bits per heavy atom. The SMILES string of the molecule is O=C(CNC(=O)O)Cc1csc(Cl)c1. The Morgan fingerprint density at radius 2 is 2.29 bits per heavy atom. The Hall–Kier alpha value is -1.07. The average Bonchev–Trinajstić information content (AvgIpc) is 2.48. The number of thiophene rings is 1. The van der Waals surface area contributed by atoms with Crippen LogP contribution in [0.5, 0.6) is 0 Å². The van der Waals surface area contributed by atoms with Crippen LogP contribution < -0.4 is 5.32 Å². The van der Waals surface area contributed by atoms with Crippen LogP contribution in [0.3, 0.4) is 0 Å². The minimum absolute atomic E-state index is 0.164. The Balaban J connectivity index is 2.37. The monoisotopic (exact) mass is 233 g/mol. The van der Waals surface area contributed by atoms with E-state index in [2.05, 4.69) is 0 Å². The number of hydrogen-bond donors (Lipinski definition) is 2. The van der Waals surface area contributed by atoms with Gasteiger partial charge in [-0.05, 0) is 17.0 Å². The highest BCUT2D eigenvalue weighted by molar-refractivity contribution is 7.14. The zero-order valence-corrected chi connectivity index (χ0v) is 8.69. The zero-order valence-electron chi connectivity index (χ0n) is 7.12. The van der Waals surface area contributed by atoms with Gasteiger partial charge in [-0.1, -0.05) is 11.6 Å². The number of hydrogen-bond acceptors (Lipinski definition) is 3. The van der Waals surface area contributed by atoms with E-state index in [-0.39, 0.29) is 18.7 Å². The van der Waals surface area contributed by atoms with Gasteiger partial charge in [0.25, 0.3) is 0 Å². The van der Waals surface area contributed by atoms with Crippen molar-refractivity contribution in [3.8, 4) is 0 Å². The van der Waals surface area contributed by atoms with Crippen molar-refractivity contribution >= 4 is 34.8 Å². The second kappa shape index (κ2) is 4.97. The van der Waals surface area contributed by atoms with E-state index in [0.29, 0.717) is 4.34 Å². The predicted molar refractivity (Wildman–Crippen MR) is 54.1 cm³/mol. The summed E-state index contributed by atoms with van der Waals surface area (Å²) in [5, 5.41) is 12.0. The number of halogens is 1. The van der Waals surface area contributed by atoms with Crippen LogP contribution in [0.15, 0.2) is 11.4 Å². The molecule has 0 spiro atoms. The summed E-state index contributed by atoms with van der Waals surface area (Å²) < 4.78 is 0.624. The lowest BCUT2D eigenvalue weighted by atomic mass is 10.2. The van der Waals surface area contributed by atoms with Crippen LogP contribution in [0.25, 0.3) is 0 Å². The van der Waals surface area contributed by atoms with Crippen LogP contribution in [0.1, 0.15) is 5.56 Å². The van der Waals surface area contributed by atoms with E-state index in [0.717, 1.165) is 5.56 Å². The summed E-state index contributed by atoms with van der Waals surface area (Å²) in [6, 6.07) is 1.70. The molecule has 76 valence electrons. The van der Waals surface area contributed by atoms with E-state index >= 15 is 0 Å². The molecule has 1 rings (SSSR count). The Morgan fingerprint density at radius 3 is 2.79 bits per heavy atom. The molecule has 0 aromatic carbocycles. The smallest absolute Gasteiger partial charge is 0.405 e. The maximum Gasteiger partial charge on any atom is 0.405 e. The second-order valence-corrected chi connectivity index (χ2v) is 4.18. The minimum Gasteiger partial charge on any atom is -0.465 e. The van der Waals surface area contributed by atoms with Gasteiger partial charge >= 0.3 is 6.09 Å². The number of Topliss-reactive ketones (excluding diaryl/α,β-unsaturated/α-hetero) is 1. The number of carbonyl (C=O) groups excluding carboxylic acids is 1. The van der Waals surface area contributed by atoms with Crippen molar-refractivity contribution < 1.29 is 14.7 Å². The van der Waals surface area contributed by atoms with Gasteiger partial charge in [-0.25, -0.2) is 4.79 Å². The largest absolute Gasteiger partial charge is 0.465 e. The van der Waals surface area contributed by atoms with E-state index < -0.39 is 6.09 Å². The molecule has 0 saturated heterocycles.